The van der Waals surface area contributed by atoms with Crippen LogP contribution in [-0.2, 0) is 14.2 Å². The van der Waals surface area contributed by atoms with E-state index in [0.29, 0.717) is 44.8 Å². The number of hydrogen-bond acceptors (Lipinski definition) is 3. The zero-order chi connectivity index (χ0) is 11.4. The molecule has 0 saturated carbocycles. The summed E-state index contributed by atoms with van der Waals surface area (Å²) < 4.78 is 15.9. The Morgan fingerprint density at radius 2 is 1.53 bits per heavy atom. The molecule has 0 aliphatic carbocycles. The second-order valence-electron chi connectivity index (χ2n) is 2.97. The van der Waals surface area contributed by atoms with Gasteiger partial charge in [0.2, 0.25) is 0 Å². The number of alkyl halides is 2. The molecule has 15 heavy (non-hydrogen) atoms. The molecule has 0 aliphatic rings. The van der Waals surface area contributed by atoms with Gasteiger partial charge in [-0.15, -0.1) is 23.2 Å². The third-order valence-electron chi connectivity index (χ3n) is 1.80. The SMILES string of the molecule is CCC(CCl)OCCOCCOCCCl. The predicted octanol–water partition coefficient (Wildman–Crippen LogP) is 2.29. The molecule has 0 aromatic heterocycles. The van der Waals surface area contributed by atoms with Crippen LogP contribution in [0.1, 0.15) is 13.3 Å². The Morgan fingerprint density at radius 3 is 2.07 bits per heavy atom. The Bertz CT molecular complexity index is 121. The fourth-order valence-corrected chi connectivity index (χ4v) is 1.34. The van der Waals surface area contributed by atoms with Crippen molar-refractivity contribution >= 4 is 23.2 Å². The molecular weight excluding hydrogens is 239 g/mol. The zero-order valence-corrected chi connectivity index (χ0v) is 10.7. The first kappa shape index (κ1) is 15.5. The molecule has 0 aliphatic heterocycles. The molecule has 0 fully saturated rings. The van der Waals surface area contributed by atoms with Crippen LogP contribution in [0.15, 0.2) is 0 Å². The van der Waals surface area contributed by atoms with Crippen molar-refractivity contribution in [2.45, 2.75) is 19.4 Å². The predicted molar refractivity (Wildman–Crippen MR) is 63.1 cm³/mol. The van der Waals surface area contributed by atoms with Gasteiger partial charge in [-0.05, 0) is 6.42 Å². The van der Waals surface area contributed by atoms with Gasteiger partial charge in [-0.1, -0.05) is 6.92 Å². The summed E-state index contributed by atoms with van der Waals surface area (Å²) in [6.45, 7) is 4.95. The molecule has 0 spiro atoms. The van der Waals surface area contributed by atoms with E-state index in [1.54, 1.807) is 0 Å². The minimum atomic E-state index is 0.141. The van der Waals surface area contributed by atoms with Gasteiger partial charge in [-0.3, -0.25) is 0 Å². The van der Waals surface area contributed by atoms with E-state index in [1.807, 2.05) is 6.92 Å². The van der Waals surface area contributed by atoms with Crippen molar-refractivity contribution in [1.82, 2.24) is 0 Å². The first-order chi connectivity index (χ1) is 7.35. The third-order valence-corrected chi connectivity index (χ3v) is 2.30. The summed E-state index contributed by atoms with van der Waals surface area (Å²) in [6.07, 6.45) is 1.07. The number of halogens is 2. The van der Waals surface area contributed by atoms with Crippen molar-refractivity contribution in [2.75, 3.05) is 44.8 Å². The van der Waals surface area contributed by atoms with Gasteiger partial charge in [0.25, 0.3) is 0 Å². The highest BCUT2D eigenvalue weighted by Crippen LogP contribution is 1.99. The molecule has 92 valence electrons. The minimum Gasteiger partial charge on any atom is -0.378 e. The summed E-state index contributed by atoms with van der Waals surface area (Å²) in [4.78, 5) is 0. The van der Waals surface area contributed by atoms with Crippen LogP contribution in [-0.4, -0.2) is 50.9 Å². The molecule has 0 aromatic carbocycles. The fourth-order valence-electron chi connectivity index (χ4n) is 0.922. The molecule has 5 heteroatoms. The van der Waals surface area contributed by atoms with Gasteiger partial charge in [0, 0.05) is 11.8 Å². The molecule has 0 bridgehead atoms. The molecule has 0 N–H and O–H groups in total. The Morgan fingerprint density at radius 1 is 0.933 bits per heavy atom. The quantitative estimate of drug-likeness (QED) is 0.421. The topological polar surface area (TPSA) is 27.7 Å². The second-order valence-corrected chi connectivity index (χ2v) is 3.66. The molecule has 1 unspecified atom stereocenters. The summed E-state index contributed by atoms with van der Waals surface area (Å²) in [6, 6.07) is 0. The van der Waals surface area contributed by atoms with Gasteiger partial charge in [0.1, 0.15) is 0 Å². The standard InChI is InChI=1S/C10H20Cl2O3/c1-2-10(9-12)15-8-7-14-6-5-13-4-3-11/h10H,2-9H2,1H3. The van der Waals surface area contributed by atoms with Gasteiger partial charge < -0.3 is 14.2 Å². The normalized spacial score (nSPS) is 13.0. The van der Waals surface area contributed by atoms with Crippen LogP contribution in [0.3, 0.4) is 0 Å². The van der Waals surface area contributed by atoms with Gasteiger partial charge in [-0.25, -0.2) is 0 Å². The fraction of sp³-hybridized carbons (Fsp3) is 1.00. The first-order valence-electron chi connectivity index (χ1n) is 5.24. The smallest absolute Gasteiger partial charge is 0.0708 e. The lowest BCUT2D eigenvalue weighted by molar-refractivity contribution is -0.00439. The largest absolute Gasteiger partial charge is 0.378 e. The van der Waals surface area contributed by atoms with Crippen LogP contribution in [0.2, 0.25) is 0 Å². The van der Waals surface area contributed by atoms with Gasteiger partial charge >= 0.3 is 0 Å². The molecular formula is C10H20Cl2O3. The molecule has 0 rings (SSSR count). The monoisotopic (exact) mass is 258 g/mol. The van der Waals surface area contributed by atoms with Crippen molar-refractivity contribution < 1.29 is 14.2 Å². The van der Waals surface area contributed by atoms with Gasteiger partial charge in [0.05, 0.1) is 39.1 Å². The summed E-state index contributed by atoms with van der Waals surface area (Å²) in [5, 5.41) is 0. The molecule has 0 saturated heterocycles. The minimum absolute atomic E-state index is 0.141. The lowest BCUT2D eigenvalue weighted by atomic mass is 10.3. The average Bonchev–Trinajstić information content (AvgIpc) is 2.27. The summed E-state index contributed by atoms with van der Waals surface area (Å²) in [5.41, 5.74) is 0. The van der Waals surface area contributed by atoms with E-state index < -0.39 is 0 Å². The molecule has 3 nitrogen and oxygen atoms in total. The second kappa shape index (κ2) is 12.5. The van der Waals surface area contributed by atoms with Crippen LogP contribution in [0, 0.1) is 0 Å². The van der Waals surface area contributed by atoms with E-state index in [2.05, 4.69) is 0 Å². The number of rotatable bonds is 11. The van der Waals surface area contributed by atoms with E-state index in [4.69, 9.17) is 37.4 Å². The van der Waals surface area contributed by atoms with Crippen molar-refractivity contribution in [1.29, 1.82) is 0 Å². The summed E-state index contributed by atoms with van der Waals surface area (Å²) in [7, 11) is 0. The van der Waals surface area contributed by atoms with Gasteiger partial charge in [-0.2, -0.15) is 0 Å². The summed E-state index contributed by atoms with van der Waals surface area (Å²) >= 11 is 11.1. The van der Waals surface area contributed by atoms with Crippen molar-refractivity contribution in [2.24, 2.45) is 0 Å². The van der Waals surface area contributed by atoms with Crippen LogP contribution < -0.4 is 0 Å². The van der Waals surface area contributed by atoms with E-state index >= 15 is 0 Å². The van der Waals surface area contributed by atoms with E-state index in [0.717, 1.165) is 6.42 Å². The van der Waals surface area contributed by atoms with Gasteiger partial charge in [0.15, 0.2) is 0 Å². The van der Waals surface area contributed by atoms with Crippen LogP contribution in [0.25, 0.3) is 0 Å². The maximum Gasteiger partial charge on any atom is 0.0708 e. The maximum atomic E-state index is 5.67. The first-order valence-corrected chi connectivity index (χ1v) is 6.31. The molecule has 1 atom stereocenters. The number of ether oxygens (including phenoxy) is 3. The maximum absolute atomic E-state index is 5.67. The molecule has 0 amide bonds. The Balaban J connectivity index is 3.04. The third kappa shape index (κ3) is 10.7. The lowest BCUT2D eigenvalue weighted by Crippen LogP contribution is -2.17. The van der Waals surface area contributed by atoms with Crippen LogP contribution in [0.4, 0.5) is 0 Å². The number of hydrogen-bond donors (Lipinski definition) is 0. The highest BCUT2D eigenvalue weighted by molar-refractivity contribution is 6.18. The van der Waals surface area contributed by atoms with Crippen LogP contribution in [0.5, 0.6) is 0 Å². The highest BCUT2D eigenvalue weighted by Gasteiger charge is 2.03. The zero-order valence-electron chi connectivity index (χ0n) is 9.21. The highest BCUT2D eigenvalue weighted by atomic mass is 35.5. The lowest BCUT2D eigenvalue weighted by Gasteiger charge is -2.12. The Labute approximate surface area is 102 Å². The molecule has 0 heterocycles. The summed E-state index contributed by atoms with van der Waals surface area (Å²) in [5.74, 6) is 1.06. The Kier molecular flexibility index (Phi) is 12.9. The van der Waals surface area contributed by atoms with Crippen molar-refractivity contribution in [3.63, 3.8) is 0 Å². The molecule has 0 radical (unpaired) electrons. The molecule has 0 aromatic rings. The van der Waals surface area contributed by atoms with Crippen molar-refractivity contribution in [3.05, 3.63) is 0 Å². The Hall–Kier alpha value is 0.460. The van der Waals surface area contributed by atoms with E-state index in [9.17, 15) is 0 Å². The van der Waals surface area contributed by atoms with Crippen LogP contribution >= 0.6 is 23.2 Å². The van der Waals surface area contributed by atoms with E-state index in [-0.39, 0.29) is 6.10 Å². The van der Waals surface area contributed by atoms with E-state index in [1.165, 1.54) is 0 Å². The van der Waals surface area contributed by atoms with Crippen molar-refractivity contribution in [3.8, 4) is 0 Å². The average molecular weight is 259 g/mol.